The van der Waals surface area contributed by atoms with Crippen molar-refractivity contribution in [2.75, 3.05) is 30.0 Å². The van der Waals surface area contributed by atoms with Crippen LogP contribution in [0.3, 0.4) is 0 Å². The van der Waals surface area contributed by atoms with Crippen LogP contribution in [0.25, 0.3) is 10.4 Å². The molecule has 0 saturated heterocycles. The van der Waals surface area contributed by atoms with Crippen molar-refractivity contribution in [3.8, 4) is 10.4 Å². The number of anilines is 2. The summed E-state index contributed by atoms with van der Waals surface area (Å²) in [5.41, 5.74) is 9.77. The van der Waals surface area contributed by atoms with Crippen LogP contribution in [0, 0.1) is 0 Å². The lowest BCUT2D eigenvalue weighted by molar-refractivity contribution is 0.102. The van der Waals surface area contributed by atoms with Crippen LogP contribution < -0.4 is 11.1 Å². The molecule has 1 aromatic heterocycles. The molecule has 7 heteroatoms. The van der Waals surface area contributed by atoms with Crippen LogP contribution >= 0.6 is 18.7 Å². The average molecular weight is 443 g/mol. The van der Waals surface area contributed by atoms with Gasteiger partial charge in [-0.15, -0.1) is 11.3 Å². The van der Waals surface area contributed by atoms with Gasteiger partial charge in [-0.1, -0.05) is 38.1 Å². The minimum absolute atomic E-state index is 0.214. The lowest BCUT2D eigenvalue weighted by atomic mass is 10.1. The van der Waals surface area contributed by atoms with Crippen LogP contribution in [-0.2, 0) is 15.5 Å². The highest BCUT2D eigenvalue weighted by Crippen LogP contribution is 2.45. The SMILES string of the molecule is CCP(=O)(CC)OCCc1ccc(C(=O)Nc2cc(-c3cccs3)ccc2N)cc1. The number of carbonyl (C=O) groups is 1. The van der Waals surface area contributed by atoms with E-state index in [4.69, 9.17) is 10.3 Å². The highest BCUT2D eigenvalue weighted by Gasteiger charge is 2.17. The molecule has 0 aliphatic carbocycles. The molecule has 2 aromatic carbocycles. The molecule has 1 heterocycles. The normalized spacial score (nSPS) is 11.4. The zero-order valence-electron chi connectivity index (χ0n) is 17.3. The Morgan fingerprint density at radius 2 is 1.83 bits per heavy atom. The Hall–Kier alpha value is -2.40. The molecule has 0 unspecified atom stereocenters. The van der Waals surface area contributed by atoms with E-state index >= 15 is 0 Å². The molecule has 3 aromatic rings. The number of nitrogen functional groups attached to an aromatic ring is 1. The number of nitrogens with two attached hydrogens (primary N) is 1. The Kier molecular flexibility index (Phi) is 7.48. The third kappa shape index (κ3) is 5.60. The Morgan fingerprint density at radius 3 is 2.47 bits per heavy atom. The molecule has 0 saturated carbocycles. The van der Waals surface area contributed by atoms with Crippen LogP contribution in [0.5, 0.6) is 0 Å². The maximum absolute atomic E-state index is 12.7. The molecule has 5 nitrogen and oxygen atoms in total. The Morgan fingerprint density at radius 1 is 1.10 bits per heavy atom. The minimum Gasteiger partial charge on any atom is -0.397 e. The number of carbonyl (C=O) groups excluding carboxylic acids is 1. The van der Waals surface area contributed by atoms with Crippen molar-refractivity contribution < 1.29 is 13.9 Å². The molecule has 0 aliphatic rings. The molecule has 3 N–H and O–H groups in total. The number of amides is 1. The summed E-state index contributed by atoms with van der Waals surface area (Å²) in [7, 11) is -2.48. The second kappa shape index (κ2) is 10.1. The van der Waals surface area contributed by atoms with Crippen molar-refractivity contribution in [3.63, 3.8) is 0 Å². The highest BCUT2D eigenvalue weighted by molar-refractivity contribution is 7.58. The molecule has 0 radical (unpaired) electrons. The lowest BCUT2D eigenvalue weighted by Gasteiger charge is -2.14. The second-order valence-electron chi connectivity index (χ2n) is 6.96. The first-order valence-electron chi connectivity index (χ1n) is 10.0. The zero-order valence-corrected chi connectivity index (χ0v) is 19.0. The smallest absolute Gasteiger partial charge is 0.255 e. The van der Waals surface area contributed by atoms with Crippen molar-refractivity contribution in [3.05, 3.63) is 71.1 Å². The van der Waals surface area contributed by atoms with Gasteiger partial charge in [0.15, 0.2) is 0 Å². The van der Waals surface area contributed by atoms with Crippen LogP contribution in [0.15, 0.2) is 60.0 Å². The Labute approximate surface area is 181 Å². The van der Waals surface area contributed by atoms with E-state index in [0.29, 0.717) is 42.3 Å². The molecule has 0 aliphatic heterocycles. The summed E-state index contributed by atoms with van der Waals surface area (Å²) < 4.78 is 17.9. The average Bonchev–Trinajstić information content (AvgIpc) is 3.30. The summed E-state index contributed by atoms with van der Waals surface area (Å²) >= 11 is 1.64. The van der Waals surface area contributed by atoms with E-state index in [0.717, 1.165) is 16.0 Å². The predicted molar refractivity (Wildman–Crippen MR) is 127 cm³/mol. The molecule has 1 amide bonds. The van der Waals surface area contributed by atoms with Crippen molar-refractivity contribution in [2.24, 2.45) is 0 Å². The lowest BCUT2D eigenvalue weighted by Crippen LogP contribution is -2.13. The summed E-state index contributed by atoms with van der Waals surface area (Å²) in [4.78, 5) is 13.8. The van der Waals surface area contributed by atoms with Crippen LogP contribution in [0.1, 0.15) is 29.8 Å². The fourth-order valence-electron chi connectivity index (χ4n) is 3.01. The first kappa shape index (κ1) is 22.3. The van der Waals surface area contributed by atoms with E-state index in [-0.39, 0.29) is 5.91 Å². The van der Waals surface area contributed by atoms with Crippen molar-refractivity contribution in [2.45, 2.75) is 20.3 Å². The molecule has 0 atom stereocenters. The fraction of sp³-hybridized carbons (Fsp3) is 0.261. The van der Waals surface area contributed by atoms with E-state index < -0.39 is 7.37 Å². The third-order valence-corrected chi connectivity index (χ3v) is 8.50. The summed E-state index contributed by atoms with van der Waals surface area (Å²) in [6, 6.07) is 17.0. The van der Waals surface area contributed by atoms with E-state index in [1.165, 1.54) is 0 Å². The molecular weight excluding hydrogens is 415 g/mol. The van der Waals surface area contributed by atoms with Gasteiger partial charge in [0.2, 0.25) is 7.37 Å². The third-order valence-electron chi connectivity index (χ3n) is 5.00. The van der Waals surface area contributed by atoms with Crippen LogP contribution in [0.2, 0.25) is 0 Å². The molecular formula is C23H27N2O3PS. The molecule has 30 heavy (non-hydrogen) atoms. The van der Waals surface area contributed by atoms with Gasteiger partial charge in [-0.3, -0.25) is 9.36 Å². The fourth-order valence-corrected chi connectivity index (χ4v) is 4.97. The van der Waals surface area contributed by atoms with Gasteiger partial charge < -0.3 is 15.6 Å². The van der Waals surface area contributed by atoms with Crippen molar-refractivity contribution in [1.29, 1.82) is 0 Å². The maximum atomic E-state index is 12.7. The summed E-state index contributed by atoms with van der Waals surface area (Å²) in [5, 5.41) is 4.92. The van der Waals surface area contributed by atoms with E-state index in [1.54, 1.807) is 29.5 Å². The molecule has 3 rings (SSSR count). The maximum Gasteiger partial charge on any atom is 0.255 e. The number of nitrogens with one attached hydrogen (secondary N) is 1. The molecule has 158 valence electrons. The van der Waals surface area contributed by atoms with Gasteiger partial charge in [-0.25, -0.2) is 0 Å². The number of thiophene rings is 1. The van der Waals surface area contributed by atoms with Gasteiger partial charge in [0, 0.05) is 22.8 Å². The monoisotopic (exact) mass is 442 g/mol. The topological polar surface area (TPSA) is 81.4 Å². The molecule has 0 spiro atoms. The standard InChI is InChI=1S/C23H27N2O3PS/c1-3-29(27,4-2)28-14-13-17-7-9-18(10-8-17)23(26)25-21-16-19(11-12-20(21)24)22-6-5-15-30-22/h5-12,15-16H,3-4,13-14,24H2,1-2H3,(H,25,26). The Bertz CT molecular complexity index is 1030. The van der Waals surface area contributed by atoms with Crippen LogP contribution in [0.4, 0.5) is 11.4 Å². The minimum atomic E-state index is -2.48. The first-order valence-corrected chi connectivity index (χ1v) is 12.9. The number of rotatable bonds is 9. The van der Waals surface area contributed by atoms with Gasteiger partial charge in [0.25, 0.3) is 5.91 Å². The van der Waals surface area contributed by atoms with E-state index in [1.807, 2.05) is 55.6 Å². The van der Waals surface area contributed by atoms with Gasteiger partial charge in [-0.2, -0.15) is 0 Å². The molecule has 0 bridgehead atoms. The van der Waals surface area contributed by atoms with Crippen LogP contribution in [-0.4, -0.2) is 24.8 Å². The van der Waals surface area contributed by atoms with Crippen molar-refractivity contribution in [1.82, 2.24) is 0 Å². The largest absolute Gasteiger partial charge is 0.397 e. The van der Waals surface area contributed by atoms with Gasteiger partial charge in [0.05, 0.1) is 18.0 Å². The van der Waals surface area contributed by atoms with Crippen molar-refractivity contribution >= 4 is 36.0 Å². The van der Waals surface area contributed by atoms with E-state index in [2.05, 4.69) is 5.32 Å². The zero-order chi connectivity index (χ0) is 21.6. The summed E-state index contributed by atoms with van der Waals surface area (Å²) in [6.45, 7) is 4.19. The van der Waals surface area contributed by atoms with Gasteiger partial charge in [-0.05, 0) is 53.3 Å². The van der Waals surface area contributed by atoms with Gasteiger partial charge >= 0.3 is 0 Å². The molecule has 0 fully saturated rings. The predicted octanol–water partition coefficient (Wildman–Crippen LogP) is 6.13. The first-order chi connectivity index (χ1) is 14.4. The Balaban J connectivity index is 1.63. The number of benzene rings is 2. The highest BCUT2D eigenvalue weighted by atomic mass is 32.1. The quantitative estimate of drug-likeness (QED) is 0.309. The summed E-state index contributed by atoms with van der Waals surface area (Å²) in [5.74, 6) is -0.214. The second-order valence-corrected chi connectivity index (χ2v) is 11.1. The van der Waals surface area contributed by atoms with E-state index in [9.17, 15) is 9.36 Å². The number of hydrogen-bond acceptors (Lipinski definition) is 5. The summed E-state index contributed by atoms with van der Waals surface area (Å²) in [6.07, 6.45) is 1.76. The number of hydrogen-bond donors (Lipinski definition) is 2. The van der Waals surface area contributed by atoms with Gasteiger partial charge in [0.1, 0.15) is 0 Å².